The fourth-order valence-electron chi connectivity index (χ4n) is 0.894. The smallest absolute Gasteiger partial charge is 0.406 e. The number of aryl methyl sites for hydroxylation is 1. The van der Waals surface area contributed by atoms with Crippen molar-refractivity contribution in [2.24, 2.45) is 0 Å². The van der Waals surface area contributed by atoms with Gasteiger partial charge in [0.2, 0.25) is 0 Å². The highest BCUT2D eigenvalue weighted by Gasteiger charge is 2.30. The SMILES string of the molecule is CCc1c[c]cc(OC(F)(F)F)c1. The highest BCUT2D eigenvalue weighted by molar-refractivity contribution is 5.27. The van der Waals surface area contributed by atoms with Gasteiger partial charge in [0.15, 0.2) is 0 Å². The summed E-state index contributed by atoms with van der Waals surface area (Å²) in [5.41, 5.74) is 0.766. The van der Waals surface area contributed by atoms with Gasteiger partial charge in [0.05, 0.1) is 0 Å². The molecule has 0 spiro atoms. The number of alkyl halides is 3. The fourth-order valence-corrected chi connectivity index (χ4v) is 0.894. The van der Waals surface area contributed by atoms with Gasteiger partial charge in [0.1, 0.15) is 5.75 Å². The van der Waals surface area contributed by atoms with E-state index >= 15 is 0 Å². The Kier molecular flexibility index (Phi) is 2.80. The van der Waals surface area contributed by atoms with Crippen LogP contribution in [0.5, 0.6) is 5.75 Å². The van der Waals surface area contributed by atoms with Crippen molar-refractivity contribution >= 4 is 0 Å². The normalized spacial score (nSPS) is 11.4. The molecule has 0 N–H and O–H groups in total. The lowest BCUT2D eigenvalue weighted by molar-refractivity contribution is -0.274. The van der Waals surface area contributed by atoms with Crippen LogP contribution in [0.3, 0.4) is 0 Å². The maximum Gasteiger partial charge on any atom is 0.573 e. The first kappa shape index (κ1) is 9.89. The highest BCUT2D eigenvalue weighted by atomic mass is 19.4. The van der Waals surface area contributed by atoms with Gasteiger partial charge in [-0.15, -0.1) is 13.2 Å². The van der Waals surface area contributed by atoms with E-state index < -0.39 is 6.36 Å². The molecule has 0 heterocycles. The zero-order chi connectivity index (χ0) is 9.90. The van der Waals surface area contributed by atoms with E-state index in [9.17, 15) is 13.2 Å². The fraction of sp³-hybridized carbons (Fsp3) is 0.333. The molecule has 1 radical (unpaired) electrons. The molecule has 71 valence electrons. The summed E-state index contributed by atoms with van der Waals surface area (Å²) in [5.74, 6) is -0.216. The van der Waals surface area contributed by atoms with Gasteiger partial charge < -0.3 is 4.74 Å². The van der Waals surface area contributed by atoms with Gasteiger partial charge in [0, 0.05) is 0 Å². The van der Waals surface area contributed by atoms with Gasteiger partial charge in [-0.2, -0.15) is 0 Å². The minimum atomic E-state index is -4.62. The Morgan fingerprint density at radius 1 is 1.38 bits per heavy atom. The maximum absolute atomic E-state index is 11.7. The second-order valence-corrected chi connectivity index (χ2v) is 2.48. The average molecular weight is 189 g/mol. The van der Waals surface area contributed by atoms with Gasteiger partial charge >= 0.3 is 6.36 Å². The Hall–Kier alpha value is -1.19. The molecule has 0 saturated heterocycles. The summed E-state index contributed by atoms with van der Waals surface area (Å²) in [5, 5.41) is 0. The first-order chi connectivity index (χ1) is 6.01. The third-order valence-electron chi connectivity index (χ3n) is 1.46. The van der Waals surface area contributed by atoms with Crippen molar-refractivity contribution < 1.29 is 17.9 Å². The zero-order valence-corrected chi connectivity index (χ0v) is 6.98. The van der Waals surface area contributed by atoms with Gasteiger partial charge in [0.25, 0.3) is 0 Å². The topological polar surface area (TPSA) is 9.23 Å². The van der Waals surface area contributed by atoms with E-state index in [1.807, 2.05) is 6.92 Å². The average Bonchev–Trinajstić information content (AvgIpc) is 2.01. The van der Waals surface area contributed by atoms with Crippen molar-refractivity contribution in [3.8, 4) is 5.75 Å². The quantitative estimate of drug-likeness (QED) is 0.694. The number of halogens is 3. The van der Waals surface area contributed by atoms with Crippen LogP contribution < -0.4 is 4.74 Å². The molecule has 1 rings (SSSR count). The van der Waals surface area contributed by atoms with Crippen LogP contribution in [0.25, 0.3) is 0 Å². The lowest BCUT2D eigenvalue weighted by atomic mass is 10.2. The van der Waals surface area contributed by atoms with Crippen molar-refractivity contribution in [2.75, 3.05) is 0 Å². The molecule has 1 aromatic carbocycles. The van der Waals surface area contributed by atoms with Crippen LogP contribution in [0.2, 0.25) is 0 Å². The van der Waals surface area contributed by atoms with Crippen LogP contribution in [-0.2, 0) is 6.42 Å². The molecule has 4 heteroatoms. The Bertz CT molecular complexity index is 280. The minimum absolute atomic E-state index is 0.216. The Labute approximate surface area is 74.1 Å². The van der Waals surface area contributed by atoms with Gasteiger partial charge in [-0.05, 0) is 30.2 Å². The summed E-state index contributed by atoms with van der Waals surface area (Å²) in [4.78, 5) is 0. The molecule has 0 fully saturated rings. The summed E-state index contributed by atoms with van der Waals surface area (Å²) in [6.45, 7) is 1.85. The predicted molar refractivity (Wildman–Crippen MR) is 41.3 cm³/mol. The van der Waals surface area contributed by atoms with Gasteiger partial charge in [-0.3, -0.25) is 0 Å². The van der Waals surface area contributed by atoms with E-state index in [4.69, 9.17) is 0 Å². The van der Waals surface area contributed by atoms with Crippen molar-refractivity contribution in [1.29, 1.82) is 0 Å². The molecule has 0 amide bonds. The maximum atomic E-state index is 11.7. The molecule has 0 bridgehead atoms. The second kappa shape index (κ2) is 3.68. The number of ether oxygens (including phenoxy) is 1. The summed E-state index contributed by atoms with van der Waals surface area (Å²) in [6, 6.07) is 6.72. The van der Waals surface area contributed by atoms with Crippen molar-refractivity contribution in [3.63, 3.8) is 0 Å². The number of rotatable bonds is 2. The zero-order valence-electron chi connectivity index (χ0n) is 6.98. The summed E-state index contributed by atoms with van der Waals surface area (Å²) in [6.07, 6.45) is -3.97. The first-order valence-electron chi connectivity index (χ1n) is 3.77. The highest BCUT2D eigenvalue weighted by Crippen LogP contribution is 2.23. The predicted octanol–water partition coefficient (Wildman–Crippen LogP) is 2.95. The summed E-state index contributed by atoms with van der Waals surface area (Å²) < 4.78 is 38.9. The van der Waals surface area contributed by atoms with Crippen molar-refractivity contribution in [1.82, 2.24) is 0 Å². The Morgan fingerprint density at radius 3 is 2.62 bits per heavy atom. The largest absolute Gasteiger partial charge is 0.573 e. The van der Waals surface area contributed by atoms with Crippen LogP contribution in [0, 0.1) is 6.07 Å². The molecule has 0 aliphatic carbocycles. The molecule has 0 unspecified atom stereocenters. The number of benzene rings is 1. The third-order valence-corrected chi connectivity index (χ3v) is 1.46. The Morgan fingerprint density at radius 2 is 2.08 bits per heavy atom. The van der Waals surface area contributed by atoms with E-state index in [0.29, 0.717) is 6.42 Å². The van der Waals surface area contributed by atoms with E-state index in [2.05, 4.69) is 10.8 Å². The molecular formula is C9H8F3O. The second-order valence-electron chi connectivity index (χ2n) is 2.48. The molecule has 1 nitrogen and oxygen atoms in total. The van der Waals surface area contributed by atoms with Crippen molar-refractivity contribution in [3.05, 3.63) is 29.8 Å². The van der Waals surface area contributed by atoms with Gasteiger partial charge in [-0.1, -0.05) is 13.0 Å². The van der Waals surface area contributed by atoms with Crippen LogP contribution in [0.1, 0.15) is 12.5 Å². The molecule has 0 aliphatic heterocycles. The minimum Gasteiger partial charge on any atom is -0.406 e. The number of hydrogen-bond donors (Lipinski definition) is 0. The van der Waals surface area contributed by atoms with Crippen LogP contribution in [0.15, 0.2) is 18.2 Å². The molecule has 0 saturated carbocycles. The standard InChI is InChI=1S/C9H8F3O/c1-2-7-4-3-5-8(6-7)13-9(10,11)12/h4-6H,2H2,1H3. The molecule has 1 aromatic rings. The van der Waals surface area contributed by atoms with Crippen LogP contribution in [-0.4, -0.2) is 6.36 Å². The summed E-state index contributed by atoms with van der Waals surface area (Å²) >= 11 is 0. The lowest BCUT2D eigenvalue weighted by Gasteiger charge is -2.08. The molecule has 0 aromatic heterocycles. The summed E-state index contributed by atoms with van der Waals surface area (Å²) in [7, 11) is 0. The van der Waals surface area contributed by atoms with E-state index in [1.165, 1.54) is 6.07 Å². The lowest BCUT2D eigenvalue weighted by Crippen LogP contribution is -2.17. The van der Waals surface area contributed by atoms with Crippen LogP contribution >= 0.6 is 0 Å². The van der Waals surface area contributed by atoms with Gasteiger partial charge in [-0.25, -0.2) is 0 Å². The Balaban J connectivity index is 2.78. The molecular weight excluding hydrogens is 181 g/mol. The number of hydrogen-bond acceptors (Lipinski definition) is 1. The molecule has 0 aliphatic rings. The van der Waals surface area contributed by atoms with E-state index in [1.54, 1.807) is 6.07 Å². The van der Waals surface area contributed by atoms with E-state index in [-0.39, 0.29) is 5.75 Å². The van der Waals surface area contributed by atoms with E-state index in [0.717, 1.165) is 11.6 Å². The van der Waals surface area contributed by atoms with Crippen LogP contribution in [0.4, 0.5) is 13.2 Å². The molecule has 0 atom stereocenters. The van der Waals surface area contributed by atoms with Crippen molar-refractivity contribution in [2.45, 2.75) is 19.7 Å². The first-order valence-corrected chi connectivity index (χ1v) is 3.77. The molecule has 13 heavy (non-hydrogen) atoms. The monoisotopic (exact) mass is 189 g/mol. The third kappa shape index (κ3) is 3.36.